The summed E-state index contributed by atoms with van der Waals surface area (Å²) in [5.41, 5.74) is 0.663. The Bertz CT molecular complexity index is 719. The van der Waals surface area contributed by atoms with Crippen molar-refractivity contribution in [3.05, 3.63) is 46.2 Å². The highest BCUT2D eigenvalue weighted by Crippen LogP contribution is 2.29. The zero-order valence-corrected chi connectivity index (χ0v) is 14.3. The fraction of sp³-hybridized carbons (Fsp3) is 0.294. The van der Waals surface area contributed by atoms with Crippen LogP contribution in [0.5, 0.6) is 11.5 Å². The van der Waals surface area contributed by atoms with Crippen LogP contribution in [0, 0.1) is 0 Å². The molecule has 134 valence electrons. The van der Waals surface area contributed by atoms with E-state index in [0.717, 1.165) is 0 Å². The average molecular weight is 369 g/mol. The van der Waals surface area contributed by atoms with E-state index in [1.165, 1.54) is 30.6 Å². The Kier molecular flexibility index (Phi) is 6.88. The highest BCUT2D eigenvalue weighted by molar-refractivity contribution is 7.12. The first-order valence-electron chi connectivity index (χ1n) is 7.44. The van der Waals surface area contributed by atoms with Gasteiger partial charge in [-0.05, 0) is 29.1 Å². The number of carbonyl (C=O) groups is 2. The van der Waals surface area contributed by atoms with E-state index in [4.69, 9.17) is 4.74 Å². The Morgan fingerprint density at radius 3 is 2.64 bits per heavy atom. The summed E-state index contributed by atoms with van der Waals surface area (Å²) >= 11 is 1.34. The molecule has 1 aromatic carbocycles. The van der Waals surface area contributed by atoms with E-state index >= 15 is 0 Å². The van der Waals surface area contributed by atoms with Crippen molar-refractivity contribution in [1.82, 2.24) is 5.32 Å². The second-order valence-corrected chi connectivity index (χ2v) is 5.99. The maximum absolute atomic E-state index is 12.3. The monoisotopic (exact) mass is 369 g/mol. The summed E-state index contributed by atoms with van der Waals surface area (Å²) in [4.78, 5) is 24.3. The molecule has 0 atom stereocenters. The molecule has 25 heavy (non-hydrogen) atoms. The third kappa shape index (κ3) is 5.82. The number of thiophene rings is 1. The molecule has 0 radical (unpaired) electrons. The van der Waals surface area contributed by atoms with Crippen molar-refractivity contribution in [3.8, 4) is 11.5 Å². The zero-order valence-electron chi connectivity index (χ0n) is 13.5. The number of carbonyl (C=O) groups excluding carboxylic acids is 2. The van der Waals surface area contributed by atoms with E-state index in [0.29, 0.717) is 10.4 Å². The van der Waals surface area contributed by atoms with Crippen molar-refractivity contribution < 1.29 is 27.8 Å². The Morgan fingerprint density at radius 2 is 2.00 bits per heavy atom. The SMILES string of the molecule is COc1cc(CNC(=O)CCC(=O)c2cccs2)ccc1OC(F)F. The standard InChI is InChI=1S/C17H17F2NO4S/c1-23-14-9-11(4-6-13(14)24-17(18)19)10-20-16(22)7-5-12(21)15-3-2-8-25-15/h2-4,6,8-9,17H,5,7,10H2,1H3,(H,20,22). The van der Waals surface area contributed by atoms with Gasteiger partial charge in [-0.1, -0.05) is 12.1 Å². The van der Waals surface area contributed by atoms with Crippen molar-refractivity contribution in [2.24, 2.45) is 0 Å². The summed E-state index contributed by atoms with van der Waals surface area (Å²) in [7, 11) is 1.34. The maximum Gasteiger partial charge on any atom is 0.387 e. The van der Waals surface area contributed by atoms with Crippen LogP contribution in [0.25, 0.3) is 0 Å². The van der Waals surface area contributed by atoms with Crippen molar-refractivity contribution in [2.75, 3.05) is 7.11 Å². The quantitative estimate of drug-likeness (QED) is 0.686. The Morgan fingerprint density at radius 1 is 1.20 bits per heavy atom. The van der Waals surface area contributed by atoms with Gasteiger partial charge in [0, 0.05) is 19.4 Å². The molecule has 1 N–H and O–H groups in total. The first-order chi connectivity index (χ1) is 12.0. The predicted octanol–water partition coefficient (Wildman–Crippen LogP) is 3.64. The van der Waals surface area contributed by atoms with Gasteiger partial charge >= 0.3 is 6.61 Å². The first kappa shape index (κ1) is 18.9. The van der Waals surface area contributed by atoms with Crippen LogP contribution in [-0.2, 0) is 11.3 Å². The molecular weight excluding hydrogens is 352 g/mol. The number of alkyl halides is 2. The van der Waals surface area contributed by atoms with Crippen molar-refractivity contribution in [2.45, 2.75) is 26.0 Å². The largest absolute Gasteiger partial charge is 0.493 e. The lowest BCUT2D eigenvalue weighted by Gasteiger charge is -2.12. The van der Waals surface area contributed by atoms with Gasteiger partial charge in [0.15, 0.2) is 17.3 Å². The number of methoxy groups -OCH3 is 1. The van der Waals surface area contributed by atoms with Crippen LogP contribution in [0.2, 0.25) is 0 Å². The molecular formula is C17H17F2NO4S. The number of ketones is 1. The molecule has 0 aliphatic carbocycles. The Balaban J connectivity index is 1.83. The third-order valence-corrected chi connectivity index (χ3v) is 4.22. The molecule has 2 aromatic rings. The fourth-order valence-corrected chi connectivity index (χ4v) is 2.79. The second-order valence-electron chi connectivity index (χ2n) is 5.04. The van der Waals surface area contributed by atoms with Crippen LogP contribution in [0.15, 0.2) is 35.7 Å². The lowest BCUT2D eigenvalue weighted by molar-refractivity contribution is -0.121. The van der Waals surface area contributed by atoms with E-state index in [-0.39, 0.29) is 42.6 Å². The molecule has 0 aliphatic rings. The van der Waals surface area contributed by atoms with Crippen LogP contribution in [0.4, 0.5) is 8.78 Å². The van der Waals surface area contributed by atoms with Crippen LogP contribution < -0.4 is 14.8 Å². The average Bonchev–Trinajstić information content (AvgIpc) is 3.13. The number of ether oxygens (including phenoxy) is 2. The number of hydrogen-bond acceptors (Lipinski definition) is 5. The van der Waals surface area contributed by atoms with Crippen LogP contribution >= 0.6 is 11.3 Å². The summed E-state index contributed by atoms with van der Waals surface area (Å²) in [6.07, 6.45) is 0.220. The topological polar surface area (TPSA) is 64.6 Å². The van der Waals surface area contributed by atoms with Crippen LogP contribution in [-0.4, -0.2) is 25.4 Å². The van der Waals surface area contributed by atoms with E-state index in [2.05, 4.69) is 10.1 Å². The summed E-state index contributed by atoms with van der Waals surface area (Å²) in [5, 5.41) is 4.49. The zero-order chi connectivity index (χ0) is 18.2. The van der Waals surface area contributed by atoms with Crippen molar-refractivity contribution in [1.29, 1.82) is 0 Å². The predicted molar refractivity (Wildman–Crippen MR) is 89.4 cm³/mol. The number of benzene rings is 1. The Hall–Kier alpha value is -2.48. The highest BCUT2D eigenvalue weighted by Gasteiger charge is 2.12. The van der Waals surface area contributed by atoms with E-state index in [1.807, 2.05) is 5.38 Å². The van der Waals surface area contributed by atoms with Gasteiger partial charge in [-0.15, -0.1) is 11.3 Å². The number of halogens is 2. The van der Waals surface area contributed by atoms with Crippen molar-refractivity contribution >= 4 is 23.0 Å². The number of rotatable bonds is 9. The lowest BCUT2D eigenvalue weighted by atomic mass is 10.1. The molecule has 0 fully saturated rings. The van der Waals surface area contributed by atoms with Gasteiger partial charge in [-0.2, -0.15) is 8.78 Å². The summed E-state index contributed by atoms with van der Waals surface area (Å²) in [6.45, 7) is -2.75. The summed E-state index contributed by atoms with van der Waals surface area (Å²) in [6, 6.07) is 7.92. The molecule has 0 bridgehead atoms. The molecule has 2 rings (SSSR count). The normalized spacial score (nSPS) is 10.6. The van der Waals surface area contributed by atoms with Crippen LogP contribution in [0.1, 0.15) is 28.1 Å². The number of amides is 1. The number of hydrogen-bond donors (Lipinski definition) is 1. The van der Waals surface area contributed by atoms with Crippen LogP contribution in [0.3, 0.4) is 0 Å². The minimum absolute atomic E-state index is 0.0691. The van der Waals surface area contributed by atoms with Gasteiger partial charge in [0.2, 0.25) is 5.91 Å². The van der Waals surface area contributed by atoms with Crippen molar-refractivity contribution in [3.63, 3.8) is 0 Å². The second kappa shape index (κ2) is 9.12. The molecule has 0 saturated heterocycles. The first-order valence-corrected chi connectivity index (χ1v) is 8.32. The molecule has 5 nitrogen and oxygen atoms in total. The van der Waals surface area contributed by atoms with E-state index < -0.39 is 6.61 Å². The van der Waals surface area contributed by atoms with E-state index in [9.17, 15) is 18.4 Å². The fourth-order valence-electron chi connectivity index (χ4n) is 2.09. The highest BCUT2D eigenvalue weighted by atomic mass is 32.1. The minimum atomic E-state index is -2.94. The molecule has 8 heteroatoms. The molecule has 0 aliphatic heterocycles. The van der Waals surface area contributed by atoms with Gasteiger partial charge in [0.25, 0.3) is 0 Å². The third-order valence-electron chi connectivity index (χ3n) is 3.31. The van der Waals surface area contributed by atoms with Gasteiger partial charge in [0.1, 0.15) is 0 Å². The van der Waals surface area contributed by atoms with Gasteiger partial charge < -0.3 is 14.8 Å². The van der Waals surface area contributed by atoms with Gasteiger partial charge in [-0.3, -0.25) is 9.59 Å². The molecule has 1 aromatic heterocycles. The molecule has 1 amide bonds. The maximum atomic E-state index is 12.3. The number of Topliss-reactive ketones (excluding diaryl/α,β-unsaturated/α-hetero) is 1. The summed E-state index contributed by atoms with van der Waals surface area (Å²) in [5.74, 6) is -0.258. The molecule has 0 spiro atoms. The lowest BCUT2D eigenvalue weighted by Crippen LogP contribution is -2.23. The van der Waals surface area contributed by atoms with Gasteiger partial charge in [-0.25, -0.2) is 0 Å². The minimum Gasteiger partial charge on any atom is -0.493 e. The number of nitrogens with one attached hydrogen (secondary N) is 1. The summed E-state index contributed by atoms with van der Waals surface area (Å²) < 4.78 is 33.9. The molecule has 0 unspecified atom stereocenters. The molecule has 1 heterocycles. The van der Waals surface area contributed by atoms with E-state index in [1.54, 1.807) is 18.2 Å². The Labute approximate surface area is 147 Å². The molecule has 0 saturated carbocycles. The smallest absolute Gasteiger partial charge is 0.387 e. The van der Waals surface area contributed by atoms with Gasteiger partial charge in [0.05, 0.1) is 12.0 Å².